The first-order valence-electron chi connectivity index (χ1n) is 19.6. The topological polar surface area (TPSA) is 52.6 Å². The van der Waals surface area contributed by atoms with Gasteiger partial charge in [-0.3, -0.25) is 9.59 Å². The molecule has 0 aliphatic heterocycles. The van der Waals surface area contributed by atoms with Gasteiger partial charge >= 0.3 is 11.9 Å². The van der Waals surface area contributed by atoms with E-state index in [0.29, 0.717) is 24.3 Å². The highest BCUT2D eigenvalue weighted by atomic mass is 35.5. The third kappa shape index (κ3) is 19.3. The highest BCUT2D eigenvalue weighted by Crippen LogP contribution is 2.39. The zero-order valence-corrected chi connectivity index (χ0v) is 36.3. The number of carbonyl (C=O) groups is 2. The number of benzene rings is 4. The van der Waals surface area contributed by atoms with E-state index >= 15 is 0 Å². The summed E-state index contributed by atoms with van der Waals surface area (Å²) < 4.78 is 10.6. The lowest BCUT2D eigenvalue weighted by molar-refractivity contribution is -0.135. The summed E-state index contributed by atoms with van der Waals surface area (Å²) in [4.78, 5) is 23.6. The van der Waals surface area contributed by atoms with Crippen LogP contribution in [0.3, 0.4) is 0 Å². The predicted molar refractivity (Wildman–Crippen MR) is 239 cm³/mol. The molecule has 1 aliphatic rings. The second-order valence-corrected chi connectivity index (χ2v) is 16.7. The fourth-order valence-electron chi connectivity index (χ4n) is 5.96. The molecule has 10 heteroatoms. The van der Waals surface area contributed by atoms with Crippen molar-refractivity contribution in [1.82, 2.24) is 0 Å². The Balaban J connectivity index is 0.000000282. The van der Waals surface area contributed by atoms with Gasteiger partial charge in [-0.25, -0.2) is 0 Å². The van der Waals surface area contributed by atoms with Crippen LogP contribution in [0.25, 0.3) is 11.1 Å². The number of carbonyl (C=O) groups excluding carboxylic acids is 2. The second-order valence-electron chi connectivity index (χ2n) is 13.7. The van der Waals surface area contributed by atoms with Crippen molar-refractivity contribution in [2.75, 3.05) is 0 Å². The van der Waals surface area contributed by atoms with E-state index in [-0.39, 0.29) is 11.9 Å². The molecule has 5 rings (SSSR count). The first-order chi connectivity index (χ1) is 27.2. The number of hydrogen-bond acceptors (Lipinski definition) is 4. The molecule has 1 aliphatic carbocycles. The predicted octanol–water partition coefficient (Wildman–Crippen LogP) is 14.7. The van der Waals surface area contributed by atoms with Crippen LogP contribution in [0.4, 0.5) is 0 Å². The van der Waals surface area contributed by atoms with Gasteiger partial charge in [0.1, 0.15) is 11.5 Å². The molecule has 56 heavy (non-hydrogen) atoms. The van der Waals surface area contributed by atoms with Gasteiger partial charge < -0.3 is 9.47 Å². The van der Waals surface area contributed by atoms with Gasteiger partial charge in [-0.15, -0.1) is 69.6 Å². The molecular formula is C46H54Cl6O4. The smallest absolute Gasteiger partial charge is 0.311 e. The van der Waals surface area contributed by atoms with Crippen molar-refractivity contribution in [3.05, 3.63) is 121 Å². The van der Waals surface area contributed by atoms with Gasteiger partial charge in [-0.05, 0) is 48.2 Å². The number of ether oxygens (including phenoxy) is 2. The van der Waals surface area contributed by atoms with Gasteiger partial charge in [0, 0.05) is 12.8 Å². The largest absolute Gasteiger partial charge is 0.427 e. The SMILES string of the molecule is Cl[C@H]1[C@H](Cl)[C@@H](Cl)[C@@H](Cl)[C@H](Cl)[C@H]1Cl.O=C(CCCCCCCCCCCCCCC(=O)Oc1ccccc1)Oc1ccccc1.c1ccc(-c2ccccc2)cc1. The second kappa shape index (κ2) is 28.9. The Bertz CT molecular complexity index is 1440. The molecule has 0 spiro atoms. The summed E-state index contributed by atoms with van der Waals surface area (Å²) >= 11 is 35.3. The number of halogens is 6. The van der Waals surface area contributed by atoms with Crippen molar-refractivity contribution in [3.8, 4) is 22.6 Å². The summed E-state index contributed by atoms with van der Waals surface area (Å²) in [7, 11) is 0. The fraction of sp³-hybridized carbons (Fsp3) is 0.435. The summed E-state index contributed by atoms with van der Waals surface area (Å²) in [6.45, 7) is 0. The highest BCUT2D eigenvalue weighted by Gasteiger charge is 2.46. The summed E-state index contributed by atoms with van der Waals surface area (Å²) in [5.41, 5.74) is 2.55. The number of esters is 2. The van der Waals surface area contributed by atoms with E-state index in [9.17, 15) is 9.59 Å². The van der Waals surface area contributed by atoms with Crippen LogP contribution in [0.15, 0.2) is 121 Å². The molecule has 304 valence electrons. The Morgan fingerprint density at radius 3 is 0.804 bits per heavy atom. The minimum absolute atomic E-state index is 0.135. The third-order valence-electron chi connectivity index (χ3n) is 9.17. The van der Waals surface area contributed by atoms with Crippen molar-refractivity contribution in [1.29, 1.82) is 0 Å². The molecule has 4 nitrogen and oxygen atoms in total. The zero-order valence-electron chi connectivity index (χ0n) is 31.8. The lowest BCUT2D eigenvalue weighted by Gasteiger charge is -2.37. The van der Waals surface area contributed by atoms with Crippen LogP contribution < -0.4 is 9.47 Å². The molecule has 4 aromatic rings. The van der Waals surface area contributed by atoms with E-state index in [1.165, 1.54) is 62.5 Å². The van der Waals surface area contributed by atoms with Crippen molar-refractivity contribution in [3.63, 3.8) is 0 Å². The molecule has 4 aromatic carbocycles. The number of unbranched alkanes of at least 4 members (excludes halogenated alkanes) is 11. The van der Waals surface area contributed by atoms with Gasteiger partial charge in [0.2, 0.25) is 0 Å². The Hall–Kier alpha value is -2.44. The standard InChI is InChI=1S/C28H38O4.C12H10.C6H6Cl6/c29-27(31-25-19-13-11-14-20-25)23-17-9-7-5-3-1-2-4-6-8-10-18-24-28(30)32-26-21-15-12-16-22-26;1-3-7-11(8-4-1)12-9-5-2-6-10-12;7-1-2(8)4(10)6(12)5(11)3(1)9/h11-16,19-22H,1-10,17-18,23-24H2;1-10H;1-6H/t;;1-,2-,3-,4+,5+,6+. The fourth-order valence-corrected chi connectivity index (χ4v) is 8.29. The lowest BCUT2D eigenvalue weighted by atomic mass is 9.97. The normalized spacial score (nSPS) is 20.0. The Kier molecular flexibility index (Phi) is 24.7. The Labute approximate surface area is 364 Å². The molecule has 0 radical (unpaired) electrons. The molecule has 0 atom stereocenters. The molecular weight excluding hydrogens is 829 g/mol. The number of alkyl halides is 6. The molecule has 0 heterocycles. The number of rotatable bonds is 18. The van der Waals surface area contributed by atoms with E-state index < -0.39 is 32.3 Å². The van der Waals surface area contributed by atoms with Gasteiger partial charge in [0.15, 0.2) is 0 Å². The molecule has 1 saturated carbocycles. The van der Waals surface area contributed by atoms with Gasteiger partial charge in [0.05, 0.1) is 32.3 Å². The summed E-state index contributed by atoms with van der Waals surface area (Å²) in [6.07, 6.45) is 15.0. The van der Waals surface area contributed by atoms with E-state index in [0.717, 1.165) is 25.7 Å². The van der Waals surface area contributed by atoms with Crippen molar-refractivity contribution in [2.45, 2.75) is 122 Å². The average Bonchev–Trinajstić information content (AvgIpc) is 3.23. The van der Waals surface area contributed by atoms with Crippen LogP contribution >= 0.6 is 69.6 Å². The van der Waals surface area contributed by atoms with Crippen LogP contribution in [0.2, 0.25) is 0 Å². The minimum Gasteiger partial charge on any atom is -0.427 e. The molecule has 0 unspecified atom stereocenters. The summed E-state index contributed by atoms with van der Waals surface area (Å²) in [5.74, 6) is 0.986. The lowest BCUT2D eigenvalue weighted by Crippen LogP contribution is -2.52. The third-order valence-corrected chi connectivity index (χ3v) is 13.2. The van der Waals surface area contributed by atoms with Crippen LogP contribution in [0.1, 0.15) is 89.9 Å². The van der Waals surface area contributed by atoms with Crippen molar-refractivity contribution in [2.24, 2.45) is 0 Å². The summed E-state index contributed by atoms with van der Waals surface area (Å²) in [6, 6.07) is 39.3. The maximum Gasteiger partial charge on any atom is 0.311 e. The van der Waals surface area contributed by atoms with E-state index in [1.807, 2.05) is 48.5 Å². The molecule has 0 amide bonds. The van der Waals surface area contributed by atoms with Gasteiger partial charge in [-0.2, -0.15) is 0 Å². The van der Waals surface area contributed by atoms with Gasteiger partial charge in [-0.1, -0.05) is 161 Å². The van der Waals surface area contributed by atoms with E-state index in [1.54, 1.807) is 24.3 Å². The quantitative estimate of drug-likeness (QED) is 0.0432. The van der Waals surface area contributed by atoms with Gasteiger partial charge in [0.25, 0.3) is 0 Å². The van der Waals surface area contributed by atoms with Crippen LogP contribution in [0, 0.1) is 0 Å². The zero-order chi connectivity index (χ0) is 40.4. The average molecular weight is 884 g/mol. The Morgan fingerprint density at radius 1 is 0.339 bits per heavy atom. The molecule has 0 aromatic heterocycles. The van der Waals surface area contributed by atoms with Crippen molar-refractivity contribution >= 4 is 81.5 Å². The Morgan fingerprint density at radius 2 is 0.554 bits per heavy atom. The molecule has 1 fully saturated rings. The van der Waals surface area contributed by atoms with Crippen molar-refractivity contribution < 1.29 is 19.1 Å². The molecule has 0 N–H and O–H groups in total. The van der Waals surface area contributed by atoms with Crippen LogP contribution in [0.5, 0.6) is 11.5 Å². The van der Waals surface area contributed by atoms with E-state index in [2.05, 4.69) is 48.5 Å². The molecule has 0 bridgehead atoms. The first kappa shape index (κ1) is 47.9. The maximum atomic E-state index is 11.8. The van der Waals surface area contributed by atoms with E-state index in [4.69, 9.17) is 79.1 Å². The number of hydrogen-bond donors (Lipinski definition) is 0. The number of para-hydroxylation sites is 2. The monoisotopic (exact) mass is 880 g/mol. The summed E-state index contributed by atoms with van der Waals surface area (Å²) in [5, 5.41) is -2.62. The van der Waals surface area contributed by atoms with Crippen LogP contribution in [-0.2, 0) is 9.59 Å². The molecule has 0 saturated heterocycles. The minimum atomic E-state index is -0.437. The van der Waals surface area contributed by atoms with Crippen LogP contribution in [-0.4, -0.2) is 44.2 Å². The highest BCUT2D eigenvalue weighted by molar-refractivity contribution is 6.45. The maximum absolute atomic E-state index is 11.8. The first-order valence-corrected chi connectivity index (χ1v) is 22.3.